The minimum atomic E-state index is 0.0353. The van der Waals surface area contributed by atoms with Crippen molar-refractivity contribution >= 4 is 21.8 Å². The van der Waals surface area contributed by atoms with Crippen LogP contribution in [-0.4, -0.2) is 22.8 Å². The number of carbonyl (C=O) groups excluding carboxylic acids is 1. The Morgan fingerprint density at radius 3 is 2.62 bits per heavy atom. The molecule has 1 N–H and O–H groups in total. The maximum Gasteiger partial charge on any atom is 0.220 e. The van der Waals surface area contributed by atoms with E-state index in [-0.39, 0.29) is 5.91 Å². The van der Waals surface area contributed by atoms with Crippen LogP contribution in [0.5, 0.6) is 5.75 Å². The topological polar surface area (TPSA) is 56.1 Å². The Kier molecular flexibility index (Phi) is 6.07. The van der Waals surface area contributed by atoms with E-state index in [0.29, 0.717) is 19.4 Å². The number of ether oxygens (including phenoxy) is 1. The van der Waals surface area contributed by atoms with Crippen LogP contribution in [-0.2, 0) is 17.8 Å². The average Bonchev–Trinajstić information content (AvgIpc) is 3.20. The summed E-state index contributed by atoms with van der Waals surface area (Å²) in [6, 6.07) is 15.7. The van der Waals surface area contributed by atoms with E-state index in [9.17, 15) is 4.79 Å². The molecule has 3 aromatic rings. The third kappa shape index (κ3) is 4.73. The van der Waals surface area contributed by atoms with E-state index in [1.807, 2.05) is 54.7 Å². The summed E-state index contributed by atoms with van der Waals surface area (Å²) in [6.07, 6.45) is 4.78. The van der Waals surface area contributed by atoms with Crippen molar-refractivity contribution in [3.63, 3.8) is 0 Å². The van der Waals surface area contributed by atoms with Crippen molar-refractivity contribution in [2.75, 3.05) is 7.11 Å². The van der Waals surface area contributed by atoms with E-state index in [1.54, 1.807) is 18.0 Å². The molecule has 0 unspecified atom stereocenters. The zero-order chi connectivity index (χ0) is 18.4. The fourth-order valence-electron chi connectivity index (χ4n) is 2.60. The molecule has 134 valence electrons. The molecule has 0 saturated carbocycles. The van der Waals surface area contributed by atoms with Crippen LogP contribution in [0.3, 0.4) is 0 Å². The van der Waals surface area contributed by atoms with Crippen LogP contribution in [0.1, 0.15) is 17.5 Å². The molecule has 0 aliphatic rings. The van der Waals surface area contributed by atoms with Gasteiger partial charge in [-0.2, -0.15) is 5.10 Å². The highest BCUT2D eigenvalue weighted by Crippen LogP contribution is 2.25. The van der Waals surface area contributed by atoms with E-state index >= 15 is 0 Å². The highest BCUT2D eigenvalue weighted by Gasteiger charge is 2.06. The normalized spacial score (nSPS) is 10.5. The van der Waals surface area contributed by atoms with E-state index in [0.717, 1.165) is 27.0 Å². The first-order chi connectivity index (χ1) is 12.7. The smallest absolute Gasteiger partial charge is 0.220 e. The number of carbonyl (C=O) groups is 1. The number of halogens is 1. The first-order valence-electron chi connectivity index (χ1n) is 8.34. The number of hydrogen-bond donors (Lipinski definition) is 1. The second-order valence-electron chi connectivity index (χ2n) is 5.86. The summed E-state index contributed by atoms with van der Waals surface area (Å²) < 4.78 is 7.91. The lowest BCUT2D eigenvalue weighted by Gasteiger charge is -2.08. The van der Waals surface area contributed by atoms with Crippen LogP contribution in [0.25, 0.3) is 5.69 Å². The fraction of sp³-hybridized carbons (Fsp3) is 0.200. The molecular weight excluding hydrogens is 394 g/mol. The van der Waals surface area contributed by atoms with Gasteiger partial charge in [0.25, 0.3) is 0 Å². The third-order valence-electron chi connectivity index (χ3n) is 4.05. The fourth-order valence-corrected chi connectivity index (χ4v) is 3.19. The average molecular weight is 414 g/mol. The number of benzene rings is 2. The quantitative estimate of drug-likeness (QED) is 0.638. The summed E-state index contributed by atoms with van der Waals surface area (Å²) in [5.41, 5.74) is 3.15. The lowest BCUT2D eigenvalue weighted by molar-refractivity contribution is -0.121. The molecule has 2 aromatic carbocycles. The maximum absolute atomic E-state index is 12.1. The van der Waals surface area contributed by atoms with Crippen molar-refractivity contribution in [2.24, 2.45) is 0 Å². The Hall–Kier alpha value is -2.60. The number of rotatable bonds is 7. The van der Waals surface area contributed by atoms with Crippen LogP contribution >= 0.6 is 15.9 Å². The van der Waals surface area contributed by atoms with E-state index in [4.69, 9.17) is 4.74 Å². The number of aryl methyl sites for hydroxylation is 1. The molecule has 0 fully saturated rings. The molecule has 26 heavy (non-hydrogen) atoms. The summed E-state index contributed by atoms with van der Waals surface area (Å²) in [4.78, 5) is 12.1. The molecule has 0 aliphatic heterocycles. The van der Waals surface area contributed by atoms with Crippen molar-refractivity contribution in [1.82, 2.24) is 15.1 Å². The zero-order valence-corrected chi connectivity index (χ0v) is 16.1. The highest BCUT2D eigenvalue weighted by molar-refractivity contribution is 9.10. The molecule has 0 aliphatic carbocycles. The maximum atomic E-state index is 12.1. The number of hydrogen-bond acceptors (Lipinski definition) is 3. The van der Waals surface area contributed by atoms with Crippen LogP contribution in [0, 0.1) is 0 Å². The molecule has 1 amide bonds. The lowest BCUT2D eigenvalue weighted by atomic mass is 10.1. The number of aromatic nitrogens is 2. The molecule has 0 spiro atoms. The zero-order valence-electron chi connectivity index (χ0n) is 14.5. The molecule has 0 atom stereocenters. The minimum Gasteiger partial charge on any atom is -0.496 e. The predicted octanol–water partition coefficient (Wildman–Crippen LogP) is 3.89. The van der Waals surface area contributed by atoms with Crippen molar-refractivity contribution in [1.29, 1.82) is 0 Å². The first kappa shape index (κ1) is 18.2. The van der Waals surface area contributed by atoms with Gasteiger partial charge in [-0.25, -0.2) is 4.68 Å². The predicted molar refractivity (Wildman–Crippen MR) is 104 cm³/mol. The van der Waals surface area contributed by atoms with E-state index < -0.39 is 0 Å². The van der Waals surface area contributed by atoms with Gasteiger partial charge < -0.3 is 10.1 Å². The molecule has 1 heterocycles. The van der Waals surface area contributed by atoms with Gasteiger partial charge in [0, 0.05) is 25.4 Å². The van der Waals surface area contributed by atoms with Crippen molar-refractivity contribution < 1.29 is 9.53 Å². The molecular formula is C20H20BrN3O2. The summed E-state index contributed by atoms with van der Waals surface area (Å²) in [5, 5.41) is 7.16. The molecule has 1 aromatic heterocycles. The van der Waals surface area contributed by atoms with Gasteiger partial charge >= 0.3 is 0 Å². The Balaban J connectivity index is 1.47. The summed E-state index contributed by atoms with van der Waals surface area (Å²) in [7, 11) is 1.63. The summed E-state index contributed by atoms with van der Waals surface area (Å²) in [6.45, 7) is 0.518. The van der Waals surface area contributed by atoms with Crippen LogP contribution < -0.4 is 10.1 Å². The molecule has 0 radical (unpaired) electrons. The van der Waals surface area contributed by atoms with Gasteiger partial charge in [-0.15, -0.1) is 0 Å². The standard InChI is InChI=1S/C20H20BrN3O2/c1-26-19-9-5-15(13-18(19)21)6-10-20(25)22-14-16-3-7-17(8-4-16)24-12-2-11-23-24/h2-5,7-9,11-13H,6,10,14H2,1H3,(H,22,25). The minimum absolute atomic E-state index is 0.0353. The van der Waals surface area contributed by atoms with Crippen molar-refractivity contribution in [3.05, 3.63) is 76.5 Å². The number of methoxy groups -OCH3 is 1. The molecule has 3 rings (SSSR count). The lowest BCUT2D eigenvalue weighted by Crippen LogP contribution is -2.23. The molecule has 6 heteroatoms. The van der Waals surface area contributed by atoms with Gasteiger partial charge in [-0.1, -0.05) is 18.2 Å². The largest absolute Gasteiger partial charge is 0.496 e. The van der Waals surface area contributed by atoms with Gasteiger partial charge in [0.05, 0.1) is 17.3 Å². The van der Waals surface area contributed by atoms with Crippen molar-refractivity contribution in [2.45, 2.75) is 19.4 Å². The Bertz CT molecular complexity index is 861. The number of nitrogens with zero attached hydrogens (tertiary/aromatic N) is 2. The SMILES string of the molecule is COc1ccc(CCC(=O)NCc2ccc(-n3cccn3)cc2)cc1Br. The number of amides is 1. The van der Waals surface area contributed by atoms with Crippen molar-refractivity contribution in [3.8, 4) is 11.4 Å². The Morgan fingerprint density at radius 1 is 1.19 bits per heavy atom. The van der Waals surface area contributed by atoms with Gasteiger partial charge in [0.2, 0.25) is 5.91 Å². The monoisotopic (exact) mass is 413 g/mol. The first-order valence-corrected chi connectivity index (χ1v) is 9.13. The Morgan fingerprint density at radius 2 is 1.96 bits per heavy atom. The van der Waals surface area contributed by atoms with Gasteiger partial charge in [0.15, 0.2) is 0 Å². The molecule has 0 saturated heterocycles. The van der Waals surface area contributed by atoms with Crippen LogP contribution in [0.2, 0.25) is 0 Å². The van der Waals surface area contributed by atoms with Gasteiger partial charge in [-0.05, 0) is 63.8 Å². The summed E-state index contributed by atoms with van der Waals surface area (Å²) >= 11 is 3.46. The van der Waals surface area contributed by atoms with Gasteiger partial charge in [-0.3, -0.25) is 4.79 Å². The van der Waals surface area contributed by atoms with Crippen LogP contribution in [0.4, 0.5) is 0 Å². The summed E-state index contributed by atoms with van der Waals surface area (Å²) in [5.74, 6) is 0.824. The second kappa shape index (κ2) is 8.67. The highest BCUT2D eigenvalue weighted by atomic mass is 79.9. The van der Waals surface area contributed by atoms with Crippen LogP contribution in [0.15, 0.2) is 65.4 Å². The second-order valence-corrected chi connectivity index (χ2v) is 6.72. The Labute approximate surface area is 161 Å². The third-order valence-corrected chi connectivity index (χ3v) is 4.67. The number of nitrogens with one attached hydrogen (secondary N) is 1. The van der Waals surface area contributed by atoms with E-state index in [2.05, 4.69) is 26.3 Å². The molecule has 5 nitrogen and oxygen atoms in total. The molecule has 0 bridgehead atoms. The van der Waals surface area contributed by atoms with Gasteiger partial charge in [0.1, 0.15) is 5.75 Å². The van der Waals surface area contributed by atoms with E-state index in [1.165, 1.54) is 0 Å².